The van der Waals surface area contributed by atoms with Crippen molar-refractivity contribution < 1.29 is 4.52 Å². The summed E-state index contributed by atoms with van der Waals surface area (Å²) >= 11 is 1.68. The van der Waals surface area contributed by atoms with Crippen molar-refractivity contribution in [1.29, 1.82) is 0 Å². The first-order valence-corrected chi connectivity index (χ1v) is 7.45. The highest BCUT2D eigenvalue weighted by molar-refractivity contribution is 7.15. The first-order chi connectivity index (χ1) is 9.65. The molecule has 0 aliphatic heterocycles. The molecule has 0 aliphatic carbocycles. The van der Waals surface area contributed by atoms with E-state index in [-0.39, 0.29) is 0 Å². The highest BCUT2D eigenvalue weighted by Crippen LogP contribution is 2.20. The average molecular weight is 291 g/mol. The minimum Gasteiger partial charge on any atom is -0.339 e. The van der Waals surface area contributed by atoms with Gasteiger partial charge in [0.2, 0.25) is 5.89 Å². The Morgan fingerprint density at radius 1 is 1.30 bits per heavy atom. The van der Waals surface area contributed by atoms with Crippen LogP contribution in [0.5, 0.6) is 0 Å². The van der Waals surface area contributed by atoms with Gasteiger partial charge in [0.1, 0.15) is 0 Å². The summed E-state index contributed by atoms with van der Waals surface area (Å²) in [6, 6.07) is 0. The molecule has 106 valence electrons. The van der Waals surface area contributed by atoms with E-state index < -0.39 is 0 Å². The van der Waals surface area contributed by atoms with Crippen LogP contribution in [0.4, 0.5) is 0 Å². The number of aromatic nitrogens is 4. The van der Waals surface area contributed by atoms with E-state index in [1.54, 1.807) is 11.3 Å². The monoisotopic (exact) mass is 291 g/mol. The highest BCUT2D eigenvalue weighted by Gasteiger charge is 2.11. The predicted octanol–water partition coefficient (Wildman–Crippen LogP) is 2.04. The Hall–Kier alpha value is -1.73. The quantitative estimate of drug-likeness (QED) is 0.729. The van der Waals surface area contributed by atoms with Gasteiger partial charge < -0.3 is 9.84 Å². The van der Waals surface area contributed by atoms with Crippen LogP contribution in [0.15, 0.2) is 9.90 Å². The van der Waals surface area contributed by atoms with Crippen molar-refractivity contribution in [3.63, 3.8) is 0 Å². The van der Waals surface area contributed by atoms with E-state index in [1.165, 1.54) is 11.4 Å². The summed E-state index contributed by atoms with van der Waals surface area (Å²) in [6.45, 7) is 7.58. The number of hydrogen-bond acceptors (Lipinski definition) is 6. The largest absolute Gasteiger partial charge is 0.339 e. The summed E-state index contributed by atoms with van der Waals surface area (Å²) < 4.78 is 7.30. The van der Waals surface area contributed by atoms with Gasteiger partial charge in [-0.15, -0.1) is 11.3 Å². The first-order valence-electron chi connectivity index (χ1n) is 6.57. The second kappa shape index (κ2) is 5.34. The molecule has 0 bridgehead atoms. The van der Waals surface area contributed by atoms with Crippen LogP contribution in [-0.4, -0.2) is 26.1 Å². The minimum absolute atomic E-state index is 0.678. The number of hydrogen-bond donors (Lipinski definition) is 1. The smallest absolute Gasteiger partial charge is 0.227 e. The Morgan fingerprint density at radius 2 is 2.15 bits per heavy atom. The average Bonchev–Trinajstić information content (AvgIpc) is 3.05. The maximum absolute atomic E-state index is 5.09. The Bertz CT molecular complexity index is 726. The van der Waals surface area contributed by atoms with Crippen molar-refractivity contribution in [2.24, 2.45) is 0 Å². The Kier molecular flexibility index (Phi) is 3.54. The zero-order valence-corrected chi connectivity index (χ0v) is 12.6. The predicted molar refractivity (Wildman–Crippen MR) is 77.0 cm³/mol. The van der Waals surface area contributed by atoms with Crippen LogP contribution in [0.1, 0.15) is 28.8 Å². The van der Waals surface area contributed by atoms with Crippen LogP contribution in [0.2, 0.25) is 0 Å². The van der Waals surface area contributed by atoms with Gasteiger partial charge in [-0.3, -0.25) is 4.40 Å². The summed E-state index contributed by atoms with van der Waals surface area (Å²) in [5.41, 5.74) is 3.54. The van der Waals surface area contributed by atoms with Gasteiger partial charge in [0.15, 0.2) is 10.8 Å². The Balaban J connectivity index is 1.62. The number of imidazole rings is 1. The van der Waals surface area contributed by atoms with Gasteiger partial charge in [-0.25, -0.2) is 4.98 Å². The number of thiazole rings is 1. The van der Waals surface area contributed by atoms with Gasteiger partial charge in [-0.1, -0.05) is 5.16 Å². The molecule has 0 fully saturated rings. The third-order valence-electron chi connectivity index (χ3n) is 3.21. The molecule has 20 heavy (non-hydrogen) atoms. The van der Waals surface area contributed by atoms with E-state index in [1.807, 2.05) is 6.92 Å². The van der Waals surface area contributed by atoms with E-state index in [0.717, 1.165) is 30.2 Å². The molecule has 0 radical (unpaired) electrons. The van der Waals surface area contributed by atoms with E-state index in [0.29, 0.717) is 11.7 Å². The van der Waals surface area contributed by atoms with Crippen molar-refractivity contribution in [2.75, 3.05) is 6.54 Å². The fraction of sp³-hybridized carbons (Fsp3) is 0.462. The lowest BCUT2D eigenvalue weighted by Crippen LogP contribution is -2.18. The molecule has 3 aromatic rings. The fourth-order valence-corrected chi connectivity index (χ4v) is 3.15. The molecule has 3 aromatic heterocycles. The van der Waals surface area contributed by atoms with Crippen LogP contribution in [-0.2, 0) is 13.0 Å². The molecular weight excluding hydrogens is 274 g/mol. The fourth-order valence-electron chi connectivity index (χ4n) is 2.22. The molecule has 3 heterocycles. The maximum atomic E-state index is 5.09. The molecule has 6 nitrogen and oxygen atoms in total. The van der Waals surface area contributed by atoms with Gasteiger partial charge in [-0.05, 0) is 20.8 Å². The second-order valence-electron chi connectivity index (χ2n) is 4.80. The zero-order valence-electron chi connectivity index (χ0n) is 11.8. The van der Waals surface area contributed by atoms with E-state index in [2.05, 4.69) is 44.1 Å². The van der Waals surface area contributed by atoms with Crippen molar-refractivity contribution in [1.82, 2.24) is 24.8 Å². The third kappa shape index (κ3) is 2.46. The van der Waals surface area contributed by atoms with Gasteiger partial charge in [-0.2, -0.15) is 4.98 Å². The minimum atomic E-state index is 0.678. The van der Waals surface area contributed by atoms with Crippen LogP contribution in [0.25, 0.3) is 4.96 Å². The molecule has 1 N–H and O–H groups in total. The van der Waals surface area contributed by atoms with E-state index in [9.17, 15) is 0 Å². The number of fused-ring (bicyclic) bond motifs is 1. The summed E-state index contributed by atoms with van der Waals surface area (Å²) in [5.74, 6) is 1.36. The lowest BCUT2D eigenvalue weighted by molar-refractivity contribution is 0.372. The lowest BCUT2D eigenvalue weighted by atomic mass is 10.3. The molecule has 0 aromatic carbocycles. The van der Waals surface area contributed by atoms with Gasteiger partial charge in [0.05, 0.1) is 11.4 Å². The first kappa shape index (κ1) is 13.3. The summed E-state index contributed by atoms with van der Waals surface area (Å²) in [6.07, 6.45) is 0.741. The number of aryl methyl sites for hydroxylation is 3. The molecule has 7 heteroatoms. The lowest BCUT2D eigenvalue weighted by Gasteiger charge is -2.04. The van der Waals surface area contributed by atoms with Gasteiger partial charge >= 0.3 is 0 Å². The van der Waals surface area contributed by atoms with E-state index >= 15 is 0 Å². The zero-order chi connectivity index (χ0) is 14.1. The molecule has 0 amide bonds. The number of nitrogens with zero attached hydrogens (tertiary/aromatic N) is 4. The maximum Gasteiger partial charge on any atom is 0.227 e. The standard InChI is InChI=1S/C13H17N5OS/c1-8-7-20-13-15-9(2)11(18(8)13)6-14-5-4-12-16-10(3)17-19-12/h7,14H,4-6H2,1-3H3. The topological polar surface area (TPSA) is 68.2 Å². The van der Waals surface area contributed by atoms with Crippen LogP contribution in [0, 0.1) is 20.8 Å². The Labute approximate surface area is 120 Å². The summed E-state index contributed by atoms with van der Waals surface area (Å²) in [5, 5.41) is 9.32. The van der Waals surface area contributed by atoms with Gasteiger partial charge in [0.25, 0.3) is 0 Å². The normalized spacial score (nSPS) is 11.6. The van der Waals surface area contributed by atoms with Crippen molar-refractivity contribution in [3.8, 4) is 0 Å². The molecule has 0 spiro atoms. The van der Waals surface area contributed by atoms with E-state index in [4.69, 9.17) is 4.52 Å². The van der Waals surface area contributed by atoms with Crippen molar-refractivity contribution in [3.05, 3.63) is 34.2 Å². The van der Waals surface area contributed by atoms with Gasteiger partial charge in [0, 0.05) is 30.6 Å². The molecule has 0 aliphatic rings. The molecular formula is C13H17N5OS. The van der Waals surface area contributed by atoms with Crippen molar-refractivity contribution in [2.45, 2.75) is 33.7 Å². The second-order valence-corrected chi connectivity index (χ2v) is 5.64. The third-order valence-corrected chi connectivity index (χ3v) is 4.15. The SMILES string of the molecule is Cc1noc(CCNCc2c(C)nc3scc(C)n23)n1. The summed E-state index contributed by atoms with van der Waals surface area (Å²) in [7, 11) is 0. The molecule has 0 atom stereocenters. The van der Waals surface area contributed by atoms with Crippen molar-refractivity contribution >= 4 is 16.3 Å². The number of nitrogens with one attached hydrogen (secondary N) is 1. The highest BCUT2D eigenvalue weighted by atomic mass is 32.1. The molecule has 0 unspecified atom stereocenters. The molecule has 0 saturated carbocycles. The van der Waals surface area contributed by atoms with Crippen LogP contribution >= 0.6 is 11.3 Å². The van der Waals surface area contributed by atoms with Crippen LogP contribution in [0.3, 0.4) is 0 Å². The summed E-state index contributed by atoms with van der Waals surface area (Å²) in [4.78, 5) is 9.82. The molecule has 3 rings (SSSR count). The molecule has 0 saturated heterocycles. The Morgan fingerprint density at radius 3 is 2.90 bits per heavy atom. The number of rotatable bonds is 5. The van der Waals surface area contributed by atoms with Crippen LogP contribution < -0.4 is 5.32 Å².